The number of nitrogens with zero attached hydrogens (tertiary/aromatic N) is 3. The van der Waals surface area contributed by atoms with Gasteiger partial charge in [0.25, 0.3) is 5.91 Å². The van der Waals surface area contributed by atoms with Gasteiger partial charge >= 0.3 is 0 Å². The number of aromatic amines is 1. The smallest absolute Gasteiger partial charge is 0.253 e. The lowest BCUT2D eigenvalue weighted by Gasteiger charge is -2.22. The predicted octanol–water partition coefficient (Wildman–Crippen LogP) is 3.47. The number of ether oxygens (including phenoxy) is 2. The summed E-state index contributed by atoms with van der Waals surface area (Å²) in [4.78, 5) is 17.1. The number of amides is 1. The van der Waals surface area contributed by atoms with Gasteiger partial charge in [0.15, 0.2) is 17.3 Å². The summed E-state index contributed by atoms with van der Waals surface area (Å²) in [5, 5.41) is 7.64. The first kappa shape index (κ1) is 18.5. The maximum absolute atomic E-state index is 12.9. The number of rotatable bonds is 3. The van der Waals surface area contributed by atoms with Crippen LogP contribution in [0.1, 0.15) is 22.3 Å². The standard InChI is InChI=1S/C23H24N4O3/c1-16-4-2-5-18(12-16)23(28)27-9-3-8-26(10-11-27)22-14-19(24-25-22)17-6-7-20-21(13-17)30-15-29-20/h2,4-7,12-14H,3,8-11,15H2,1H3,(H,24,25). The average molecular weight is 404 g/mol. The molecule has 0 aliphatic carbocycles. The molecule has 2 aliphatic heterocycles. The number of nitrogens with one attached hydrogen (secondary N) is 1. The Kier molecular flexibility index (Phi) is 4.78. The van der Waals surface area contributed by atoms with E-state index in [0.717, 1.165) is 65.8 Å². The van der Waals surface area contributed by atoms with Crippen LogP contribution in [-0.4, -0.2) is 54.0 Å². The minimum atomic E-state index is 0.101. The average Bonchev–Trinajstić information content (AvgIpc) is 3.37. The van der Waals surface area contributed by atoms with Gasteiger partial charge in [0.2, 0.25) is 6.79 Å². The molecule has 0 unspecified atom stereocenters. The van der Waals surface area contributed by atoms with Gasteiger partial charge in [-0.15, -0.1) is 0 Å². The highest BCUT2D eigenvalue weighted by atomic mass is 16.7. The number of carbonyl (C=O) groups is 1. The highest BCUT2D eigenvalue weighted by molar-refractivity contribution is 5.94. The van der Waals surface area contributed by atoms with E-state index in [2.05, 4.69) is 21.2 Å². The zero-order chi connectivity index (χ0) is 20.5. The third kappa shape index (κ3) is 3.58. The third-order valence-corrected chi connectivity index (χ3v) is 5.62. The summed E-state index contributed by atoms with van der Waals surface area (Å²) in [5.74, 6) is 2.52. The molecular weight excluding hydrogens is 380 g/mol. The molecule has 154 valence electrons. The SMILES string of the molecule is Cc1cccc(C(=O)N2CCCN(c3cc(-c4ccc5c(c4)OCO5)[nH]n3)CC2)c1. The first-order valence-electron chi connectivity index (χ1n) is 10.2. The van der Waals surface area contributed by atoms with Gasteiger partial charge in [0, 0.05) is 43.4 Å². The van der Waals surface area contributed by atoms with Gasteiger partial charge in [0.05, 0.1) is 5.69 Å². The van der Waals surface area contributed by atoms with Crippen LogP contribution in [0.25, 0.3) is 11.3 Å². The van der Waals surface area contributed by atoms with Crippen LogP contribution in [0.2, 0.25) is 0 Å². The minimum Gasteiger partial charge on any atom is -0.454 e. The van der Waals surface area contributed by atoms with Gasteiger partial charge in [-0.1, -0.05) is 17.7 Å². The molecule has 1 amide bonds. The molecule has 5 rings (SSSR count). The summed E-state index contributed by atoms with van der Waals surface area (Å²) in [6.45, 7) is 5.32. The Morgan fingerprint density at radius 3 is 2.80 bits per heavy atom. The molecule has 0 spiro atoms. The molecule has 3 aromatic rings. The van der Waals surface area contributed by atoms with Crippen molar-refractivity contribution >= 4 is 11.7 Å². The normalized spacial score (nSPS) is 15.9. The van der Waals surface area contributed by atoms with E-state index in [0.29, 0.717) is 6.54 Å². The molecule has 1 aromatic heterocycles. The van der Waals surface area contributed by atoms with Crippen LogP contribution >= 0.6 is 0 Å². The van der Waals surface area contributed by atoms with Crippen LogP contribution in [0.3, 0.4) is 0 Å². The van der Waals surface area contributed by atoms with Crippen LogP contribution in [0, 0.1) is 6.92 Å². The summed E-state index contributed by atoms with van der Waals surface area (Å²) in [5.41, 5.74) is 3.79. The molecule has 1 fully saturated rings. The van der Waals surface area contributed by atoms with E-state index >= 15 is 0 Å². The van der Waals surface area contributed by atoms with E-state index in [1.54, 1.807) is 0 Å². The summed E-state index contributed by atoms with van der Waals surface area (Å²) in [6.07, 6.45) is 0.907. The number of aryl methyl sites for hydroxylation is 1. The van der Waals surface area contributed by atoms with E-state index in [1.807, 2.05) is 54.3 Å². The predicted molar refractivity (Wildman–Crippen MR) is 114 cm³/mol. The maximum Gasteiger partial charge on any atom is 0.253 e. The molecule has 30 heavy (non-hydrogen) atoms. The topological polar surface area (TPSA) is 70.7 Å². The molecule has 2 aromatic carbocycles. The highest BCUT2D eigenvalue weighted by Crippen LogP contribution is 2.36. The molecular formula is C23H24N4O3. The lowest BCUT2D eigenvalue weighted by Crippen LogP contribution is -2.35. The zero-order valence-electron chi connectivity index (χ0n) is 16.9. The Morgan fingerprint density at radius 2 is 1.90 bits per heavy atom. The maximum atomic E-state index is 12.9. The van der Waals surface area contributed by atoms with Crippen LogP contribution < -0.4 is 14.4 Å². The van der Waals surface area contributed by atoms with Crippen LogP contribution in [0.5, 0.6) is 11.5 Å². The fourth-order valence-electron chi connectivity index (χ4n) is 4.00. The van der Waals surface area contributed by atoms with Gasteiger partial charge in [-0.25, -0.2) is 0 Å². The van der Waals surface area contributed by atoms with E-state index in [-0.39, 0.29) is 12.7 Å². The number of fused-ring (bicyclic) bond motifs is 1. The Bertz CT molecular complexity index is 1080. The van der Waals surface area contributed by atoms with E-state index in [9.17, 15) is 4.79 Å². The van der Waals surface area contributed by atoms with Crippen molar-refractivity contribution in [1.82, 2.24) is 15.1 Å². The molecule has 7 heteroatoms. The number of anilines is 1. The van der Waals surface area contributed by atoms with Crippen LogP contribution in [0.15, 0.2) is 48.5 Å². The van der Waals surface area contributed by atoms with Crippen molar-refractivity contribution in [3.63, 3.8) is 0 Å². The number of aromatic nitrogens is 2. The molecule has 0 atom stereocenters. The molecule has 1 saturated heterocycles. The van der Waals surface area contributed by atoms with Gasteiger partial charge in [-0.05, 0) is 43.7 Å². The van der Waals surface area contributed by atoms with Crippen molar-refractivity contribution in [1.29, 1.82) is 0 Å². The summed E-state index contributed by atoms with van der Waals surface area (Å²) < 4.78 is 10.9. The van der Waals surface area contributed by atoms with E-state index < -0.39 is 0 Å². The molecule has 7 nitrogen and oxygen atoms in total. The van der Waals surface area contributed by atoms with Crippen molar-refractivity contribution < 1.29 is 14.3 Å². The van der Waals surface area contributed by atoms with Crippen molar-refractivity contribution in [2.45, 2.75) is 13.3 Å². The Hall–Kier alpha value is -3.48. The summed E-state index contributed by atoms with van der Waals surface area (Å²) >= 11 is 0. The van der Waals surface area contributed by atoms with Crippen LogP contribution in [0.4, 0.5) is 5.82 Å². The van der Waals surface area contributed by atoms with Crippen molar-refractivity contribution in [2.24, 2.45) is 0 Å². The number of hydrogen-bond acceptors (Lipinski definition) is 5. The lowest BCUT2D eigenvalue weighted by molar-refractivity contribution is 0.0767. The lowest BCUT2D eigenvalue weighted by atomic mass is 10.1. The van der Waals surface area contributed by atoms with Gasteiger partial charge in [-0.3, -0.25) is 9.89 Å². The van der Waals surface area contributed by atoms with Crippen molar-refractivity contribution in [3.8, 4) is 22.8 Å². The Morgan fingerprint density at radius 1 is 1.00 bits per heavy atom. The van der Waals surface area contributed by atoms with Crippen molar-refractivity contribution in [3.05, 3.63) is 59.7 Å². The minimum absolute atomic E-state index is 0.101. The molecule has 0 bridgehead atoms. The first-order valence-corrected chi connectivity index (χ1v) is 10.2. The quantitative estimate of drug-likeness (QED) is 0.724. The molecule has 3 heterocycles. The summed E-state index contributed by atoms with van der Waals surface area (Å²) in [7, 11) is 0. The summed E-state index contributed by atoms with van der Waals surface area (Å²) in [6, 6.07) is 15.7. The van der Waals surface area contributed by atoms with Gasteiger partial charge < -0.3 is 19.3 Å². The van der Waals surface area contributed by atoms with Gasteiger partial charge in [0.1, 0.15) is 0 Å². The van der Waals surface area contributed by atoms with E-state index in [4.69, 9.17) is 9.47 Å². The number of H-pyrrole nitrogens is 1. The molecule has 0 radical (unpaired) electrons. The second-order valence-corrected chi connectivity index (χ2v) is 7.71. The fourth-order valence-corrected chi connectivity index (χ4v) is 4.00. The third-order valence-electron chi connectivity index (χ3n) is 5.62. The van der Waals surface area contributed by atoms with E-state index in [1.165, 1.54) is 0 Å². The number of carbonyl (C=O) groups excluding carboxylic acids is 1. The molecule has 2 aliphatic rings. The first-order chi connectivity index (χ1) is 14.7. The second kappa shape index (κ2) is 7.74. The second-order valence-electron chi connectivity index (χ2n) is 7.71. The number of benzene rings is 2. The van der Waals surface area contributed by atoms with Crippen LogP contribution in [-0.2, 0) is 0 Å². The Balaban J connectivity index is 1.28. The molecule has 0 saturated carbocycles. The number of hydrogen-bond donors (Lipinski definition) is 1. The Labute approximate surface area is 175 Å². The molecule has 1 N–H and O–H groups in total. The zero-order valence-corrected chi connectivity index (χ0v) is 16.9. The monoisotopic (exact) mass is 404 g/mol. The van der Waals surface area contributed by atoms with Gasteiger partial charge in [-0.2, -0.15) is 5.10 Å². The highest BCUT2D eigenvalue weighted by Gasteiger charge is 2.22. The fraction of sp³-hybridized carbons (Fsp3) is 0.304. The largest absolute Gasteiger partial charge is 0.454 e. The van der Waals surface area contributed by atoms with Crippen molar-refractivity contribution in [2.75, 3.05) is 37.9 Å².